The van der Waals surface area contributed by atoms with Crippen LogP contribution in [-0.4, -0.2) is 23.9 Å². The van der Waals surface area contributed by atoms with Crippen molar-refractivity contribution in [1.82, 2.24) is 5.32 Å². The number of aliphatic imine (C=N–C) groups is 1. The molecule has 2 aromatic rings. The first-order valence-electron chi connectivity index (χ1n) is 6.70. The fourth-order valence-electron chi connectivity index (χ4n) is 1.80. The smallest absolute Gasteiger partial charge is 0.348 e. The fraction of sp³-hybridized carbons (Fsp3) is 0.267. The van der Waals surface area contributed by atoms with Gasteiger partial charge in [0.15, 0.2) is 0 Å². The van der Waals surface area contributed by atoms with Gasteiger partial charge in [-0.15, -0.1) is 0 Å². The second kappa shape index (κ2) is 6.69. The Bertz CT molecular complexity index is 734. The molecule has 0 saturated carbocycles. The maximum Gasteiger partial charge on any atom is 0.348 e. The molecule has 0 unspecified atom stereocenters. The van der Waals surface area contributed by atoms with E-state index in [1.54, 1.807) is 24.3 Å². The van der Waals surface area contributed by atoms with Gasteiger partial charge in [-0.3, -0.25) is 0 Å². The highest BCUT2D eigenvalue weighted by atomic mass is 16.4. The van der Waals surface area contributed by atoms with Crippen molar-refractivity contribution in [2.24, 2.45) is 4.99 Å². The minimum absolute atomic E-state index is 0.139. The van der Waals surface area contributed by atoms with Crippen molar-refractivity contribution in [1.29, 1.82) is 0 Å². The maximum atomic E-state index is 11.8. The van der Waals surface area contributed by atoms with Gasteiger partial charge in [0.25, 0.3) is 0 Å². The first kappa shape index (κ1) is 14.8. The van der Waals surface area contributed by atoms with Crippen molar-refractivity contribution in [3.63, 3.8) is 0 Å². The Kier molecular flexibility index (Phi) is 4.71. The van der Waals surface area contributed by atoms with Crippen LogP contribution in [0.5, 0.6) is 5.75 Å². The van der Waals surface area contributed by atoms with Gasteiger partial charge in [0.1, 0.15) is 16.9 Å². The van der Waals surface area contributed by atoms with Crippen LogP contribution in [0.25, 0.3) is 11.0 Å². The van der Waals surface area contributed by atoms with E-state index in [1.165, 1.54) is 0 Å². The molecule has 0 aliphatic carbocycles. The molecule has 0 bridgehead atoms. The van der Waals surface area contributed by atoms with E-state index in [0.29, 0.717) is 11.9 Å². The van der Waals surface area contributed by atoms with Crippen LogP contribution in [-0.2, 0) is 0 Å². The molecule has 0 saturated heterocycles. The number of carbonyl (C=O) groups excluding carboxylic acids is 1. The average molecular weight is 288 g/mol. The molecular formula is C15H16N2O4. The first-order valence-corrected chi connectivity index (χ1v) is 6.70. The second-order valence-corrected chi connectivity index (χ2v) is 4.49. The summed E-state index contributed by atoms with van der Waals surface area (Å²) in [6, 6.07) is 6.04. The molecular weight excluding hydrogens is 272 g/mol. The molecule has 0 aliphatic rings. The van der Waals surface area contributed by atoms with Crippen molar-refractivity contribution in [3.05, 3.63) is 40.2 Å². The molecule has 110 valence electrons. The summed E-state index contributed by atoms with van der Waals surface area (Å²) in [5.41, 5.74) is -0.597. The number of aromatic hydroxyl groups is 1. The summed E-state index contributed by atoms with van der Waals surface area (Å²) in [7, 11) is 0. The molecule has 1 heterocycles. The molecule has 0 fully saturated rings. The number of hydrogen-bond acceptors (Lipinski definition) is 4. The van der Waals surface area contributed by atoms with Crippen molar-refractivity contribution in [2.45, 2.75) is 19.8 Å². The number of rotatable bonds is 4. The summed E-state index contributed by atoms with van der Waals surface area (Å²) in [6.07, 6.45) is 2.83. The predicted molar refractivity (Wildman–Crippen MR) is 80.0 cm³/mol. The molecule has 2 rings (SSSR count). The van der Waals surface area contributed by atoms with Gasteiger partial charge < -0.3 is 14.8 Å². The lowest BCUT2D eigenvalue weighted by molar-refractivity contribution is 0.249. The zero-order valence-corrected chi connectivity index (χ0v) is 11.6. The predicted octanol–water partition coefficient (Wildman–Crippen LogP) is 2.43. The van der Waals surface area contributed by atoms with Crippen LogP contribution in [0.4, 0.5) is 4.79 Å². The van der Waals surface area contributed by atoms with E-state index >= 15 is 0 Å². The lowest BCUT2D eigenvalue weighted by Gasteiger charge is -2.02. The van der Waals surface area contributed by atoms with Crippen LogP contribution in [0.1, 0.15) is 25.3 Å². The molecule has 1 aromatic heterocycles. The van der Waals surface area contributed by atoms with E-state index in [-0.39, 0.29) is 16.9 Å². The first-order chi connectivity index (χ1) is 10.1. The third-order valence-corrected chi connectivity index (χ3v) is 2.94. The van der Waals surface area contributed by atoms with Crippen LogP contribution in [0.2, 0.25) is 0 Å². The number of nitrogens with zero attached hydrogens (tertiary/aromatic N) is 1. The monoisotopic (exact) mass is 288 g/mol. The van der Waals surface area contributed by atoms with E-state index in [0.717, 1.165) is 19.1 Å². The van der Waals surface area contributed by atoms with Gasteiger partial charge in [0.05, 0.1) is 11.6 Å². The van der Waals surface area contributed by atoms with Crippen LogP contribution < -0.4 is 10.9 Å². The van der Waals surface area contributed by atoms with Crippen LogP contribution in [0, 0.1) is 0 Å². The molecule has 0 spiro atoms. The number of para-hydroxylation sites is 1. The molecule has 0 atom stereocenters. The summed E-state index contributed by atoms with van der Waals surface area (Å²) in [6.45, 7) is 2.53. The van der Waals surface area contributed by atoms with Crippen molar-refractivity contribution in [3.8, 4) is 5.75 Å². The Hall–Kier alpha value is -2.63. The summed E-state index contributed by atoms with van der Waals surface area (Å²) >= 11 is 0. The summed E-state index contributed by atoms with van der Waals surface area (Å²) in [5, 5.41) is 13.0. The average Bonchev–Trinajstić information content (AvgIpc) is 2.47. The highest BCUT2D eigenvalue weighted by Gasteiger charge is 2.12. The van der Waals surface area contributed by atoms with E-state index < -0.39 is 11.7 Å². The normalized spacial score (nSPS) is 11.1. The number of benzene rings is 1. The van der Waals surface area contributed by atoms with Gasteiger partial charge in [-0.1, -0.05) is 25.5 Å². The van der Waals surface area contributed by atoms with E-state index in [1.807, 2.05) is 6.92 Å². The number of urea groups is 1. The third kappa shape index (κ3) is 3.47. The summed E-state index contributed by atoms with van der Waals surface area (Å²) < 4.78 is 5.07. The molecule has 0 radical (unpaired) electrons. The molecule has 2 amide bonds. The fourth-order valence-corrected chi connectivity index (χ4v) is 1.80. The third-order valence-electron chi connectivity index (χ3n) is 2.94. The highest BCUT2D eigenvalue weighted by molar-refractivity contribution is 5.97. The van der Waals surface area contributed by atoms with Gasteiger partial charge in [0, 0.05) is 6.54 Å². The lowest BCUT2D eigenvalue weighted by atomic mass is 10.1. The zero-order chi connectivity index (χ0) is 15.2. The maximum absolute atomic E-state index is 11.8. The minimum Gasteiger partial charge on any atom is -0.506 e. The van der Waals surface area contributed by atoms with E-state index in [4.69, 9.17) is 4.42 Å². The second-order valence-electron chi connectivity index (χ2n) is 4.49. The van der Waals surface area contributed by atoms with Gasteiger partial charge >= 0.3 is 11.7 Å². The van der Waals surface area contributed by atoms with Crippen molar-refractivity contribution in [2.75, 3.05) is 6.54 Å². The Morgan fingerprint density at radius 3 is 2.95 bits per heavy atom. The molecule has 0 aliphatic heterocycles. The molecule has 21 heavy (non-hydrogen) atoms. The Balaban J connectivity index is 2.26. The van der Waals surface area contributed by atoms with Crippen molar-refractivity contribution < 1.29 is 14.3 Å². The largest absolute Gasteiger partial charge is 0.506 e. The Labute approximate surface area is 121 Å². The van der Waals surface area contributed by atoms with Crippen LogP contribution >= 0.6 is 0 Å². The quantitative estimate of drug-likeness (QED) is 0.513. The number of amides is 2. The Morgan fingerprint density at radius 1 is 1.43 bits per heavy atom. The topological polar surface area (TPSA) is 91.9 Å². The van der Waals surface area contributed by atoms with Crippen LogP contribution in [0.15, 0.2) is 38.5 Å². The Morgan fingerprint density at radius 2 is 2.19 bits per heavy atom. The molecule has 2 N–H and O–H groups in total. The number of carbonyl (C=O) groups is 1. The van der Waals surface area contributed by atoms with Gasteiger partial charge in [-0.05, 0) is 18.6 Å². The molecule has 6 nitrogen and oxygen atoms in total. The summed E-state index contributed by atoms with van der Waals surface area (Å²) in [5.74, 6) is -0.244. The van der Waals surface area contributed by atoms with Gasteiger partial charge in [-0.2, -0.15) is 0 Å². The highest BCUT2D eigenvalue weighted by Crippen LogP contribution is 2.24. The molecule has 6 heteroatoms. The van der Waals surface area contributed by atoms with Crippen molar-refractivity contribution >= 4 is 23.2 Å². The van der Waals surface area contributed by atoms with Gasteiger partial charge in [-0.25, -0.2) is 14.6 Å². The van der Waals surface area contributed by atoms with E-state index in [9.17, 15) is 14.7 Å². The zero-order valence-electron chi connectivity index (χ0n) is 11.6. The minimum atomic E-state index is -0.740. The lowest BCUT2D eigenvalue weighted by Crippen LogP contribution is -2.21. The number of nitrogens with one attached hydrogen (secondary N) is 1. The van der Waals surface area contributed by atoms with Crippen LogP contribution in [0.3, 0.4) is 0 Å². The number of hydrogen-bond donors (Lipinski definition) is 2. The standard InChI is InChI=1S/C15H16N2O4/c1-2-3-8-16-15(20)17-9-11-13(18)10-6-4-5-7-12(10)21-14(11)19/h4-7,9,18H,2-3,8H2,1H3,(H,16,20)/b17-9+. The number of unbranched alkanes of at least 4 members (excludes halogenated alkanes) is 1. The van der Waals surface area contributed by atoms with E-state index in [2.05, 4.69) is 10.3 Å². The SMILES string of the molecule is CCCCNC(=O)/N=C/c1c(O)c2ccccc2oc1=O. The van der Waals surface area contributed by atoms with Gasteiger partial charge in [0.2, 0.25) is 0 Å². The molecule has 1 aromatic carbocycles. The number of fused-ring (bicyclic) bond motifs is 1. The summed E-state index contributed by atoms with van der Waals surface area (Å²) in [4.78, 5) is 26.8.